The number of hydrogen-bond acceptors (Lipinski definition) is 4. The summed E-state index contributed by atoms with van der Waals surface area (Å²) in [7, 11) is 0. The van der Waals surface area contributed by atoms with E-state index in [1.54, 1.807) is 0 Å². The van der Waals surface area contributed by atoms with Crippen LogP contribution < -0.4 is 0 Å². The van der Waals surface area contributed by atoms with Crippen molar-refractivity contribution >= 4 is 41.3 Å². The molecule has 0 saturated heterocycles. The fourth-order valence-electron chi connectivity index (χ4n) is 7.26. The maximum absolute atomic E-state index is 5.31. The molecule has 1 aliphatic heterocycles. The highest BCUT2D eigenvalue weighted by Crippen LogP contribution is 2.49. The Morgan fingerprint density at radius 1 is 0.915 bits per heavy atom. The predicted octanol–water partition coefficient (Wildman–Crippen LogP) is 10.8. The molecule has 2 aromatic carbocycles. The van der Waals surface area contributed by atoms with Crippen LogP contribution in [0.25, 0.3) is 11.8 Å². The van der Waals surface area contributed by atoms with Gasteiger partial charge in [-0.1, -0.05) is 116 Å². The Kier molecular flexibility index (Phi) is 7.96. The second kappa shape index (κ2) is 12.7. The van der Waals surface area contributed by atoms with E-state index in [0.717, 1.165) is 58.6 Å². The second-order valence-electron chi connectivity index (χ2n) is 12.7. The number of nitrogens with zero attached hydrogens (tertiary/aromatic N) is 3. The van der Waals surface area contributed by atoms with Crippen LogP contribution in [0.1, 0.15) is 87.1 Å². The van der Waals surface area contributed by atoms with Crippen LogP contribution in [0.4, 0.5) is 0 Å². The molecule has 5 aliphatic rings. The predicted molar refractivity (Wildman–Crippen MR) is 201 cm³/mol. The molecule has 3 atom stereocenters. The number of rotatable bonds is 6. The Balaban J connectivity index is 1.11. The van der Waals surface area contributed by atoms with Crippen LogP contribution in [0, 0.1) is 0 Å². The van der Waals surface area contributed by atoms with Crippen molar-refractivity contribution in [2.75, 3.05) is 0 Å². The van der Waals surface area contributed by atoms with E-state index in [-0.39, 0.29) is 0 Å². The topological polar surface area (TPSA) is 37.1 Å². The summed E-state index contributed by atoms with van der Waals surface area (Å²) in [5.41, 5.74) is 12.6. The van der Waals surface area contributed by atoms with Gasteiger partial charge in [0.15, 0.2) is 0 Å². The maximum Gasteiger partial charge on any atom is 0.0880 e. The van der Waals surface area contributed by atoms with Gasteiger partial charge in [-0.25, -0.2) is 0 Å². The van der Waals surface area contributed by atoms with Gasteiger partial charge in [-0.2, -0.15) is 0 Å². The van der Waals surface area contributed by atoms with Gasteiger partial charge in [0.1, 0.15) is 0 Å². The highest BCUT2D eigenvalue weighted by atomic mass is 32.1. The average molecular weight is 628 g/mol. The van der Waals surface area contributed by atoms with Crippen LogP contribution >= 0.6 is 11.3 Å². The van der Waals surface area contributed by atoms with E-state index in [0.29, 0.717) is 24.3 Å². The van der Waals surface area contributed by atoms with Crippen LogP contribution in [0.2, 0.25) is 0 Å². The molecule has 0 bridgehead atoms. The van der Waals surface area contributed by atoms with E-state index < -0.39 is 0 Å². The summed E-state index contributed by atoms with van der Waals surface area (Å²) in [5, 5.41) is 0. The van der Waals surface area contributed by atoms with E-state index in [2.05, 4.69) is 134 Å². The van der Waals surface area contributed by atoms with Gasteiger partial charge in [-0.3, -0.25) is 15.0 Å². The molecule has 2 heterocycles. The van der Waals surface area contributed by atoms with E-state index in [1.165, 1.54) is 32.1 Å². The zero-order valence-electron chi connectivity index (χ0n) is 26.6. The molecular weight excluding hydrogens is 591 g/mol. The van der Waals surface area contributed by atoms with Gasteiger partial charge in [-0.05, 0) is 72.4 Å². The van der Waals surface area contributed by atoms with Crippen LogP contribution in [0.5, 0.6) is 0 Å². The minimum absolute atomic E-state index is 0.338. The molecule has 0 saturated carbocycles. The number of thiophene rings is 1. The molecule has 3 aromatic rings. The third kappa shape index (κ3) is 5.57. The largest absolute Gasteiger partial charge is 0.280 e. The Morgan fingerprint density at radius 2 is 1.79 bits per heavy atom. The second-order valence-corrected chi connectivity index (χ2v) is 13.8. The van der Waals surface area contributed by atoms with E-state index >= 15 is 0 Å². The summed E-state index contributed by atoms with van der Waals surface area (Å²) in [5.74, 6) is 1.30. The molecule has 3 nitrogen and oxygen atoms in total. The molecule has 0 radical (unpaired) electrons. The Labute approximate surface area is 281 Å². The monoisotopic (exact) mass is 627 g/mol. The van der Waals surface area contributed by atoms with E-state index in [9.17, 15) is 0 Å². The molecule has 3 unspecified atom stereocenters. The number of hydrogen-bond donors (Lipinski definition) is 0. The van der Waals surface area contributed by atoms with Crippen molar-refractivity contribution in [3.8, 4) is 0 Å². The molecule has 0 N–H and O–H groups in total. The summed E-state index contributed by atoms with van der Waals surface area (Å²) in [6, 6.07) is 17.5. The lowest BCUT2D eigenvalue weighted by atomic mass is 9.81. The zero-order chi connectivity index (χ0) is 31.7. The number of fused-ring (bicyclic) bond motifs is 5. The highest BCUT2D eigenvalue weighted by molar-refractivity contribution is 7.15. The SMILES string of the molecule is C=N/C(=C1/C=CC=C/C1=N/Cc1cccc(C2=NC3=CC=CCC3c3c2sc2c3C=CCC2C)c1)c1ccc(C2C=CC=CC2)cc1. The quantitative estimate of drug-likeness (QED) is 0.244. The molecule has 230 valence electrons. The molecule has 0 fully saturated rings. The number of benzene rings is 2. The molecule has 8 rings (SSSR count). The van der Waals surface area contributed by atoms with Gasteiger partial charge in [0.05, 0.1) is 28.5 Å². The highest BCUT2D eigenvalue weighted by Gasteiger charge is 2.35. The molecular formula is C43H37N3S. The summed E-state index contributed by atoms with van der Waals surface area (Å²) in [6.07, 6.45) is 31.5. The lowest BCUT2D eigenvalue weighted by molar-refractivity contribution is 0.761. The first kappa shape index (κ1) is 29.5. The first-order valence-corrected chi connectivity index (χ1v) is 17.4. The van der Waals surface area contributed by atoms with Crippen molar-refractivity contribution < 1.29 is 0 Å². The summed E-state index contributed by atoms with van der Waals surface area (Å²) < 4.78 is 0. The van der Waals surface area contributed by atoms with Crippen molar-refractivity contribution in [3.63, 3.8) is 0 Å². The summed E-state index contributed by atoms with van der Waals surface area (Å²) in [6.45, 7) is 6.86. The summed E-state index contributed by atoms with van der Waals surface area (Å²) in [4.78, 5) is 17.8. The van der Waals surface area contributed by atoms with E-state index in [4.69, 9.17) is 9.98 Å². The van der Waals surface area contributed by atoms with Gasteiger partial charge in [0.2, 0.25) is 0 Å². The summed E-state index contributed by atoms with van der Waals surface area (Å²) >= 11 is 1.95. The van der Waals surface area contributed by atoms with Crippen molar-refractivity contribution in [2.24, 2.45) is 15.0 Å². The fourth-order valence-corrected chi connectivity index (χ4v) is 8.69. The third-order valence-corrected chi connectivity index (χ3v) is 11.2. The molecule has 4 heteroatoms. The number of aliphatic imine (C=N–C) groups is 3. The lowest BCUT2D eigenvalue weighted by Crippen LogP contribution is -2.17. The standard InChI is InChI=1S/C43H37N3S/c1-28-12-10-19-36-39-34-17-6-9-21-38(34)46-41(43(39)47-42(28)36)33-16-11-13-29(26-33)27-45-37-20-8-7-18-35(37)40(44-2)32-24-22-31(23-25-32)30-14-4-3-5-15-30/h3-11,13-14,16,18-26,28,30,34H,2,12,15,17,27H2,1H3/b40-35-,45-37-. The van der Waals surface area contributed by atoms with Gasteiger partial charge in [0, 0.05) is 39.1 Å². The van der Waals surface area contributed by atoms with Crippen molar-refractivity contribution in [1.29, 1.82) is 0 Å². The van der Waals surface area contributed by atoms with Crippen LogP contribution in [0.3, 0.4) is 0 Å². The Bertz CT molecular complexity index is 2070. The Hall–Kier alpha value is -4.93. The molecule has 0 spiro atoms. The van der Waals surface area contributed by atoms with E-state index in [1.807, 2.05) is 23.5 Å². The van der Waals surface area contributed by atoms with Gasteiger partial charge < -0.3 is 0 Å². The number of allylic oxidation sites excluding steroid dienone is 14. The average Bonchev–Trinajstić information content (AvgIpc) is 3.53. The smallest absolute Gasteiger partial charge is 0.0880 e. The van der Waals surface area contributed by atoms with Crippen LogP contribution in [0.15, 0.2) is 148 Å². The van der Waals surface area contributed by atoms with Crippen molar-refractivity contribution in [2.45, 2.75) is 50.5 Å². The Morgan fingerprint density at radius 3 is 2.64 bits per heavy atom. The third-order valence-electron chi connectivity index (χ3n) is 9.71. The van der Waals surface area contributed by atoms with Crippen LogP contribution in [-0.4, -0.2) is 18.1 Å². The zero-order valence-corrected chi connectivity index (χ0v) is 27.5. The normalized spacial score (nSPS) is 24.0. The minimum atomic E-state index is 0.338. The molecule has 1 aromatic heterocycles. The van der Waals surface area contributed by atoms with Gasteiger partial charge in [0.25, 0.3) is 0 Å². The molecule has 4 aliphatic carbocycles. The van der Waals surface area contributed by atoms with Crippen molar-refractivity contribution in [1.82, 2.24) is 0 Å². The minimum Gasteiger partial charge on any atom is -0.280 e. The first-order chi connectivity index (χ1) is 23.2. The maximum atomic E-state index is 5.31. The fraction of sp³-hybridized carbons (Fsp3) is 0.186. The molecule has 47 heavy (non-hydrogen) atoms. The first-order valence-electron chi connectivity index (χ1n) is 16.6. The molecule has 0 amide bonds. The van der Waals surface area contributed by atoms with Gasteiger partial charge in [-0.15, -0.1) is 11.3 Å². The van der Waals surface area contributed by atoms with Crippen LogP contribution in [-0.2, 0) is 6.54 Å². The lowest BCUT2D eigenvalue weighted by Gasteiger charge is -2.27. The van der Waals surface area contributed by atoms with Crippen molar-refractivity contribution in [3.05, 3.63) is 176 Å². The van der Waals surface area contributed by atoms with Gasteiger partial charge >= 0.3 is 0 Å².